The second-order valence-electron chi connectivity index (χ2n) is 5.92. The number of hydrogen-bond acceptors (Lipinski definition) is 4. The first kappa shape index (κ1) is 16.2. The molecule has 2 N–H and O–H groups in total. The van der Waals surface area contributed by atoms with Crippen molar-refractivity contribution in [3.8, 4) is 0 Å². The average Bonchev–Trinajstić information content (AvgIpc) is 2.79. The van der Waals surface area contributed by atoms with Gasteiger partial charge in [-0.3, -0.25) is 19.0 Å². The summed E-state index contributed by atoms with van der Waals surface area (Å²) in [4.78, 5) is 40.5. The summed E-state index contributed by atoms with van der Waals surface area (Å²) >= 11 is 0. The molecule has 1 aromatic heterocycles. The van der Waals surface area contributed by atoms with E-state index in [1.54, 1.807) is 18.2 Å². The predicted octanol–water partition coefficient (Wildman–Crippen LogP) is 0.571. The minimum Gasteiger partial charge on any atom is -0.354 e. The van der Waals surface area contributed by atoms with Crippen LogP contribution in [0.5, 0.6) is 0 Å². The van der Waals surface area contributed by atoms with Gasteiger partial charge in [0.2, 0.25) is 11.8 Å². The van der Waals surface area contributed by atoms with E-state index in [2.05, 4.69) is 15.6 Å². The zero-order valence-electron chi connectivity index (χ0n) is 13.3. The normalized spacial score (nSPS) is 18.0. The van der Waals surface area contributed by atoms with Gasteiger partial charge in [0, 0.05) is 19.5 Å². The Balaban J connectivity index is 1.63. The molecular formula is C17H20N4O3. The summed E-state index contributed by atoms with van der Waals surface area (Å²) in [7, 11) is 0. The highest BCUT2D eigenvalue weighted by Crippen LogP contribution is 2.07. The number of hydrogen-bond donors (Lipinski definition) is 2. The van der Waals surface area contributed by atoms with E-state index in [-0.39, 0.29) is 30.3 Å². The van der Waals surface area contributed by atoms with Crippen LogP contribution in [0, 0.1) is 0 Å². The van der Waals surface area contributed by atoms with Gasteiger partial charge in [0.1, 0.15) is 6.04 Å². The highest BCUT2D eigenvalue weighted by Gasteiger charge is 2.22. The Bertz CT molecular complexity index is 815. The third-order valence-corrected chi connectivity index (χ3v) is 4.18. The van der Waals surface area contributed by atoms with Crippen molar-refractivity contribution in [2.24, 2.45) is 0 Å². The molecule has 1 aliphatic heterocycles. The molecule has 1 aliphatic rings. The van der Waals surface area contributed by atoms with Gasteiger partial charge in [0.05, 0.1) is 17.2 Å². The van der Waals surface area contributed by atoms with Crippen molar-refractivity contribution in [3.05, 3.63) is 40.9 Å². The van der Waals surface area contributed by atoms with Gasteiger partial charge < -0.3 is 10.6 Å². The minimum atomic E-state index is -0.480. The lowest BCUT2D eigenvalue weighted by molar-refractivity contribution is -0.128. The summed E-state index contributed by atoms with van der Waals surface area (Å²) in [5, 5.41) is 6.06. The van der Waals surface area contributed by atoms with Gasteiger partial charge in [-0.1, -0.05) is 12.1 Å². The molecule has 2 heterocycles. The SMILES string of the molecule is O=C(CCn1cnc2ccccc2c1=O)N[C@@H]1CCCCNC1=O. The number of aromatic nitrogens is 2. The van der Waals surface area contributed by atoms with Crippen LogP contribution < -0.4 is 16.2 Å². The molecule has 0 radical (unpaired) electrons. The fraction of sp³-hybridized carbons (Fsp3) is 0.412. The molecule has 1 fully saturated rings. The fourth-order valence-electron chi connectivity index (χ4n) is 2.83. The Labute approximate surface area is 139 Å². The maximum absolute atomic E-state index is 12.4. The summed E-state index contributed by atoms with van der Waals surface area (Å²) < 4.78 is 1.43. The summed E-state index contributed by atoms with van der Waals surface area (Å²) in [6.07, 6.45) is 4.06. The molecule has 0 bridgehead atoms. The molecule has 2 amide bonds. The van der Waals surface area contributed by atoms with Crippen molar-refractivity contribution in [2.45, 2.75) is 38.3 Å². The number of carbonyl (C=O) groups is 2. The van der Waals surface area contributed by atoms with Crippen molar-refractivity contribution >= 4 is 22.7 Å². The molecule has 0 spiro atoms. The van der Waals surface area contributed by atoms with E-state index >= 15 is 0 Å². The molecule has 1 saturated heterocycles. The Morgan fingerprint density at radius 1 is 1.29 bits per heavy atom. The molecule has 2 aromatic rings. The lowest BCUT2D eigenvalue weighted by atomic mass is 10.1. The van der Waals surface area contributed by atoms with Gasteiger partial charge in [-0.25, -0.2) is 4.98 Å². The molecule has 7 nitrogen and oxygen atoms in total. The highest BCUT2D eigenvalue weighted by atomic mass is 16.2. The fourth-order valence-corrected chi connectivity index (χ4v) is 2.83. The van der Waals surface area contributed by atoms with Crippen LogP contribution in [0.2, 0.25) is 0 Å². The van der Waals surface area contributed by atoms with Crippen LogP contribution in [0.3, 0.4) is 0 Å². The molecular weight excluding hydrogens is 308 g/mol. The number of benzene rings is 1. The zero-order valence-corrected chi connectivity index (χ0v) is 13.3. The number of nitrogens with zero attached hydrogens (tertiary/aromatic N) is 2. The van der Waals surface area contributed by atoms with Gasteiger partial charge in [-0.15, -0.1) is 0 Å². The van der Waals surface area contributed by atoms with Crippen LogP contribution in [0.4, 0.5) is 0 Å². The molecule has 0 unspecified atom stereocenters. The van der Waals surface area contributed by atoms with Gasteiger partial charge in [-0.05, 0) is 31.4 Å². The maximum Gasteiger partial charge on any atom is 0.261 e. The Morgan fingerprint density at radius 3 is 3.00 bits per heavy atom. The van der Waals surface area contributed by atoms with Gasteiger partial charge in [0.15, 0.2) is 0 Å². The second kappa shape index (κ2) is 7.25. The van der Waals surface area contributed by atoms with Crippen LogP contribution in [0.25, 0.3) is 10.9 Å². The monoisotopic (exact) mass is 328 g/mol. The van der Waals surface area contributed by atoms with Crippen LogP contribution in [0.1, 0.15) is 25.7 Å². The smallest absolute Gasteiger partial charge is 0.261 e. The van der Waals surface area contributed by atoms with Crippen LogP contribution in [0.15, 0.2) is 35.4 Å². The highest BCUT2D eigenvalue weighted by molar-refractivity contribution is 5.87. The minimum absolute atomic E-state index is 0.129. The largest absolute Gasteiger partial charge is 0.354 e. The van der Waals surface area contributed by atoms with E-state index < -0.39 is 6.04 Å². The van der Waals surface area contributed by atoms with Crippen molar-refractivity contribution in [2.75, 3.05) is 6.54 Å². The van der Waals surface area contributed by atoms with E-state index in [1.165, 1.54) is 10.9 Å². The van der Waals surface area contributed by atoms with Crippen molar-refractivity contribution < 1.29 is 9.59 Å². The maximum atomic E-state index is 12.4. The van der Waals surface area contributed by atoms with Crippen molar-refractivity contribution in [1.82, 2.24) is 20.2 Å². The Morgan fingerprint density at radius 2 is 2.12 bits per heavy atom. The number of carbonyl (C=O) groups excluding carboxylic acids is 2. The van der Waals surface area contributed by atoms with Crippen molar-refractivity contribution in [3.63, 3.8) is 0 Å². The number of rotatable bonds is 4. The lowest BCUT2D eigenvalue weighted by Crippen LogP contribution is -2.45. The first-order valence-corrected chi connectivity index (χ1v) is 8.16. The number of para-hydroxylation sites is 1. The molecule has 1 atom stereocenters. The van der Waals surface area contributed by atoms with E-state index in [0.29, 0.717) is 23.9 Å². The van der Waals surface area contributed by atoms with E-state index in [0.717, 1.165) is 12.8 Å². The van der Waals surface area contributed by atoms with E-state index in [4.69, 9.17) is 0 Å². The molecule has 3 rings (SSSR count). The van der Waals surface area contributed by atoms with Crippen LogP contribution >= 0.6 is 0 Å². The van der Waals surface area contributed by atoms with Gasteiger partial charge >= 0.3 is 0 Å². The molecule has 0 saturated carbocycles. The van der Waals surface area contributed by atoms with E-state index in [9.17, 15) is 14.4 Å². The topological polar surface area (TPSA) is 93.1 Å². The summed E-state index contributed by atoms with van der Waals surface area (Å²) in [5.41, 5.74) is 0.471. The third kappa shape index (κ3) is 3.61. The first-order valence-electron chi connectivity index (χ1n) is 8.16. The number of aryl methyl sites for hydroxylation is 1. The van der Waals surface area contributed by atoms with Crippen LogP contribution in [-0.4, -0.2) is 34.0 Å². The molecule has 7 heteroatoms. The standard InChI is InChI=1S/C17H20N4O3/c22-15(20-14-7-3-4-9-18-16(14)23)8-10-21-11-19-13-6-2-1-5-12(13)17(21)24/h1-2,5-6,11,14H,3-4,7-10H2,(H,18,23)(H,20,22)/t14-/m1/s1. The van der Waals surface area contributed by atoms with Crippen LogP contribution in [-0.2, 0) is 16.1 Å². The van der Waals surface area contributed by atoms with Gasteiger partial charge in [-0.2, -0.15) is 0 Å². The van der Waals surface area contributed by atoms with E-state index in [1.807, 2.05) is 6.07 Å². The zero-order chi connectivity index (χ0) is 16.9. The van der Waals surface area contributed by atoms with Crippen molar-refractivity contribution in [1.29, 1.82) is 0 Å². The lowest BCUT2D eigenvalue weighted by Gasteiger charge is -2.15. The predicted molar refractivity (Wildman–Crippen MR) is 89.4 cm³/mol. The molecule has 24 heavy (non-hydrogen) atoms. The number of amides is 2. The second-order valence-corrected chi connectivity index (χ2v) is 5.92. The average molecular weight is 328 g/mol. The molecule has 0 aliphatic carbocycles. The molecule has 126 valence electrons. The third-order valence-electron chi connectivity index (χ3n) is 4.18. The quantitative estimate of drug-likeness (QED) is 0.858. The summed E-state index contributed by atoms with van der Waals surface area (Å²) in [5.74, 6) is -0.373. The number of nitrogens with one attached hydrogen (secondary N) is 2. The van der Waals surface area contributed by atoms with Gasteiger partial charge in [0.25, 0.3) is 5.56 Å². The Kier molecular flexibility index (Phi) is 4.88. The summed E-state index contributed by atoms with van der Waals surface area (Å²) in [6, 6.07) is 6.62. The number of fused-ring (bicyclic) bond motifs is 1. The summed E-state index contributed by atoms with van der Waals surface area (Å²) in [6.45, 7) is 0.889. The molecule has 1 aromatic carbocycles. The first-order chi connectivity index (χ1) is 11.6. The Hall–Kier alpha value is -2.70.